The van der Waals surface area contributed by atoms with Crippen molar-refractivity contribution in [2.45, 2.75) is 25.8 Å². The Bertz CT molecular complexity index is 1000. The monoisotopic (exact) mass is 455 g/mol. The third-order valence-electron chi connectivity index (χ3n) is 6.51. The number of aromatic hydroxyl groups is 1. The average molecular weight is 456 g/mol. The molecule has 0 heterocycles. The first-order valence-corrected chi connectivity index (χ1v) is 14.2. The molecule has 33 heavy (non-hydrogen) atoms. The Labute approximate surface area is 198 Å². The molecule has 4 aromatic carbocycles. The van der Waals surface area contributed by atoms with Crippen LogP contribution in [0.2, 0.25) is 0 Å². The van der Waals surface area contributed by atoms with Crippen LogP contribution >= 0.6 is 7.26 Å². The summed E-state index contributed by atoms with van der Waals surface area (Å²) in [6, 6.07) is 41.0. The van der Waals surface area contributed by atoms with Gasteiger partial charge in [-0.25, -0.2) is 0 Å². The molecule has 4 rings (SSSR count). The number of unbranched alkanes of at least 4 members (excludes halogenated alkanes) is 2. The summed E-state index contributed by atoms with van der Waals surface area (Å²) in [5.41, 5.74) is 0.959. The third kappa shape index (κ3) is 5.71. The Morgan fingerprint density at radius 2 is 1.03 bits per heavy atom. The Hall–Kier alpha value is -2.93. The molecule has 0 amide bonds. The van der Waals surface area contributed by atoms with Crippen molar-refractivity contribution in [2.75, 3.05) is 12.7 Å². The van der Waals surface area contributed by atoms with E-state index >= 15 is 0 Å². The molecule has 4 aromatic rings. The summed E-state index contributed by atoms with van der Waals surface area (Å²) in [6.07, 6.45) is 4.72. The van der Waals surface area contributed by atoms with Crippen LogP contribution in [0, 0.1) is 0 Å². The van der Waals surface area contributed by atoms with E-state index in [0.717, 1.165) is 18.5 Å². The molecule has 0 atom stereocenters. The van der Waals surface area contributed by atoms with Gasteiger partial charge in [0, 0.05) is 0 Å². The van der Waals surface area contributed by atoms with Gasteiger partial charge in [0.2, 0.25) is 0 Å². The Morgan fingerprint density at radius 1 is 0.545 bits per heavy atom. The van der Waals surface area contributed by atoms with E-state index in [4.69, 9.17) is 0 Å². The Kier molecular flexibility index (Phi) is 8.30. The number of hydrogen-bond acceptors (Lipinski definition) is 2. The van der Waals surface area contributed by atoms with Gasteiger partial charge in [-0.2, -0.15) is 0 Å². The summed E-state index contributed by atoms with van der Waals surface area (Å²) in [7, 11) is -2.11. The van der Waals surface area contributed by atoms with Gasteiger partial charge in [-0.15, -0.1) is 0 Å². The van der Waals surface area contributed by atoms with Crippen molar-refractivity contribution < 1.29 is 5.11 Å². The molecular weight excluding hydrogens is 421 g/mol. The Morgan fingerprint density at radius 3 is 1.55 bits per heavy atom. The zero-order valence-corrected chi connectivity index (χ0v) is 20.2. The Balaban J connectivity index is 1.46. The topological polar surface area (TPSA) is 32.3 Å². The minimum absolute atomic E-state index is 0.370. The van der Waals surface area contributed by atoms with Crippen molar-refractivity contribution in [3.63, 3.8) is 0 Å². The maximum absolute atomic E-state index is 9.93. The number of phenolic OH excluding ortho intramolecular Hbond substituents is 1. The van der Waals surface area contributed by atoms with E-state index in [0.29, 0.717) is 12.3 Å². The molecule has 0 aliphatic heterocycles. The number of benzene rings is 4. The average Bonchev–Trinajstić information content (AvgIpc) is 2.88. The van der Waals surface area contributed by atoms with Gasteiger partial charge < -0.3 is 0 Å². The van der Waals surface area contributed by atoms with Gasteiger partial charge in [0.05, 0.1) is 0 Å². The van der Waals surface area contributed by atoms with Crippen LogP contribution in [0.1, 0.15) is 24.8 Å². The molecular formula is C30H34NOP. The van der Waals surface area contributed by atoms with E-state index in [-0.39, 0.29) is 0 Å². The summed E-state index contributed by atoms with van der Waals surface area (Å²) in [4.78, 5) is 0. The molecule has 0 aromatic heterocycles. The molecule has 0 aliphatic rings. The van der Waals surface area contributed by atoms with Crippen molar-refractivity contribution in [1.82, 2.24) is 5.32 Å². The van der Waals surface area contributed by atoms with Gasteiger partial charge in [-0.3, -0.25) is 0 Å². The molecule has 0 saturated heterocycles. The predicted octanol–water partition coefficient (Wildman–Crippen LogP) is 5.38. The number of para-hydroxylation sites is 1. The van der Waals surface area contributed by atoms with Crippen molar-refractivity contribution >= 4 is 23.2 Å². The number of nitrogens with one attached hydrogen (secondary N) is 1. The molecule has 3 heteroatoms. The van der Waals surface area contributed by atoms with Gasteiger partial charge in [0.1, 0.15) is 0 Å². The summed E-state index contributed by atoms with van der Waals surface area (Å²) in [5, 5.41) is 17.9. The van der Waals surface area contributed by atoms with E-state index in [2.05, 4.69) is 96.3 Å². The standard InChI is InChI=1S/C30H34NOP/c32-30-22-12-11-15-26(30)25-31-23-13-4-14-24-33(27-16-5-1-6-17-27,28-18-7-2-8-19-28)29-20-9-3-10-21-29/h1-3,5-12,15-22,31-33H,4,13-14,23-25H2. The first-order valence-electron chi connectivity index (χ1n) is 11.9. The molecule has 0 saturated carbocycles. The van der Waals surface area contributed by atoms with Gasteiger partial charge in [0.15, 0.2) is 0 Å². The second-order valence-corrected chi connectivity index (χ2v) is 12.7. The minimum atomic E-state index is -2.11. The fourth-order valence-electron chi connectivity index (χ4n) is 4.80. The molecule has 0 fully saturated rings. The van der Waals surface area contributed by atoms with Crippen LogP contribution in [-0.2, 0) is 6.54 Å². The van der Waals surface area contributed by atoms with E-state index in [1.165, 1.54) is 34.9 Å². The molecule has 0 bridgehead atoms. The van der Waals surface area contributed by atoms with Crippen LogP contribution in [0.5, 0.6) is 5.75 Å². The van der Waals surface area contributed by atoms with E-state index in [9.17, 15) is 5.11 Å². The molecule has 0 spiro atoms. The first-order chi connectivity index (χ1) is 16.3. The fourth-order valence-corrected chi connectivity index (χ4v) is 9.73. The molecule has 170 valence electrons. The zero-order chi connectivity index (χ0) is 22.8. The third-order valence-corrected chi connectivity index (χ3v) is 11.6. The van der Waals surface area contributed by atoms with E-state index < -0.39 is 7.26 Å². The predicted molar refractivity (Wildman–Crippen MR) is 145 cm³/mol. The van der Waals surface area contributed by atoms with Crippen LogP contribution in [0.4, 0.5) is 0 Å². The second-order valence-electron chi connectivity index (χ2n) is 8.62. The van der Waals surface area contributed by atoms with Crippen LogP contribution < -0.4 is 21.2 Å². The normalized spacial score (nSPS) is 11.9. The zero-order valence-electron chi connectivity index (χ0n) is 19.2. The quantitative estimate of drug-likeness (QED) is 0.235. The van der Waals surface area contributed by atoms with Gasteiger partial charge in [-0.1, -0.05) is 0 Å². The van der Waals surface area contributed by atoms with Crippen LogP contribution in [0.25, 0.3) is 0 Å². The molecule has 0 radical (unpaired) electrons. The summed E-state index contributed by atoms with van der Waals surface area (Å²) in [6.45, 7) is 1.67. The molecule has 2 N–H and O–H groups in total. The number of hydrogen-bond donors (Lipinski definition) is 2. The summed E-state index contributed by atoms with van der Waals surface area (Å²) in [5.74, 6) is 0.370. The van der Waals surface area contributed by atoms with E-state index in [1.807, 2.05) is 18.2 Å². The summed E-state index contributed by atoms with van der Waals surface area (Å²) >= 11 is 0. The van der Waals surface area contributed by atoms with Gasteiger partial charge in [0.25, 0.3) is 0 Å². The van der Waals surface area contributed by atoms with Crippen LogP contribution in [0.3, 0.4) is 0 Å². The number of rotatable bonds is 11. The fraction of sp³-hybridized carbons (Fsp3) is 0.200. The maximum atomic E-state index is 9.93. The van der Waals surface area contributed by atoms with Crippen LogP contribution in [0.15, 0.2) is 115 Å². The summed E-state index contributed by atoms with van der Waals surface area (Å²) < 4.78 is 0. The molecule has 0 aliphatic carbocycles. The van der Waals surface area contributed by atoms with Crippen molar-refractivity contribution in [3.05, 3.63) is 121 Å². The van der Waals surface area contributed by atoms with Gasteiger partial charge >= 0.3 is 199 Å². The second kappa shape index (κ2) is 11.8. The first kappa shape index (κ1) is 23.2. The van der Waals surface area contributed by atoms with Crippen molar-refractivity contribution in [2.24, 2.45) is 0 Å². The van der Waals surface area contributed by atoms with Crippen molar-refractivity contribution in [1.29, 1.82) is 0 Å². The molecule has 2 nitrogen and oxygen atoms in total. The van der Waals surface area contributed by atoms with Gasteiger partial charge in [-0.05, 0) is 0 Å². The number of phenols is 1. The van der Waals surface area contributed by atoms with Crippen molar-refractivity contribution in [3.8, 4) is 5.75 Å². The SMILES string of the molecule is Oc1ccccc1CNCCCCC[PH](c1ccccc1)(c1ccccc1)c1ccccc1. The molecule has 0 unspecified atom stereocenters. The van der Waals surface area contributed by atoms with Crippen LogP contribution in [-0.4, -0.2) is 17.8 Å². The van der Waals surface area contributed by atoms with E-state index in [1.54, 1.807) is 6.07 Å².